The van der Waals surface area contributed by atoms with Gasteiger partial charge in [-0.25, -0.2) is 4.36 Å². The van der Waals surface area contributed by atoms with Crippen LogP contribution in [0.25, 0.3) is 0 Å². The van der Waals surface area contributed by atoms with E-state index in [9.17, 15) is 4.21 Å². The highest BCUT2D eigenvalue weighted by molar-refractivity contribution is 7.92. The summed E-state index contributed by atoms with van der Waals surface area (Å²) in [5.41, 5.74) is 5.36. The predicted octanol–water partition coefficient (Wildman–Crippen LogP) is 0.966. The van der Waals surface area contributed by atoms with Crippen molar-refractivity contribution in [2.45, 2.75) is 13.1 Å². The lowest BCUT2D eigenvalue weighted by molar-refractivity contribution is 0.469. The van der Waals surface area contributed by atoms with Crippen LogP contribution in [0.4, 0.5) is 0 Å². The van der Waals surface area contributed by atoms with E-state index >= 15 is 0 Å². The molecule has 0 radical (unpaired) electrons. The highest BCUT2D eigenvalue weighted by Gasteiger charge is 1.99. The molecular weight excluding hydrogens is 188 g/mol. The summed E-state index contributed by atoms with van der Waals surface area (Å²) in [6, 6.07) is 3.61. The first kappa shape index (κ1) is 10.3. The van der Waals surface area contributed by atoms with Crippen LogP contribution in [-0.4, -0.2) is 16.7 Å². The van der Waals surface area contributed by atoms with Gasteiger partial charge >= 0.3 is 0 Å². The number of hydrogen-bond donors (Lipinski definition) is 1. The maximum atomic E-state index is 11.2. The van der Waals surface area contributed by atoms with Crippen LogP contribution in [0.2, 0.25) is 0 Å². The molecule has 5 heteroatoms. The summed E-state index contributed by atoms with van der Waals surface area (Å²) in [4.78, 5) is 0. The lowest BCUT2D eigenvalue weighted by Gasteiger charge is -1.93. The van der Waals surface area contributed by atoms with E-state index in [1.165, 1.54) is 0 Å². The van der Waals surface area contributed by atoms with Crippen molar-refractivity contribution in [1.29, 1.82) is 0 Å². The van der Waals surface area contributed by atoms with Gasteiger partial charge in [0.15, 0.2) is 0 Å². The van der Waals surface area contributed by atoms with E-state index in [-0.39, 0.29) is 0 Å². The largest absolute Gasteiger partial charge is 0.463 e. The maximum Gasteiger partial charge on any atom is 0.126 e. The zero-order chi connectivity index (χ0) is 9.90. The zero-order valence-electron chi connectivity index (χ0n) is 7.82. The second-order valence-corrected chi connectivity index (χ2v) is 5.66. The van der Waals surface area contributed by atoms with Crippen LogP contribution >= 0.6 is 0 Å². The quantitative estimate of drug-likeness (QED) is 0.794. The van der Waals surface area contributed by atoms with E-state index in [0.29, 0.717) is 18.8 Å². The Balaban J connectivity index is 2.71. The molecule has 0 amide bonds. The number of nitrogens with two attached hydrogens (primary N) is 1. The molecule has 0 bridgehead atoms. The molecule has 0 unspecified atom stereocenters. The molecule has 1 heterocycles. The number of nitrogens with zero attached hydrogens (tertiary/aromatic N) is 1. The van der Waals surface area contributed by atoms with Gasteiger partial charge in [-0.15, -0.1) is 0 Å². The molecular formula is C8H14N2O2S. The molecule has 13 heavy (non-hydrogen) atoms. The SMILES string of the molecule is CS(C)(=O)=NCc1ccc(CN)o1. The van der Waals surface area contributed by atoms with Gasteiger partial charge in [-0.05, 0) is 12.1 Å². The van der Waals surface area contributed by atoms with Gasteiger partial charge in [0, 0.05) is 22.2 Å². The van der Waals surface area contributed by atoms with Crippen LogP contribution in [0.15, 0.2) is 20.9 Å². The molecule has 1 aromatic rings. The first-order chi connectivity index (χ1) is 6.01. The summed E-state index contributed by atoms with van der Waals surface area (Å²) >= 11 is 0. The number of rotatable bonds is 3. The van der Waals surface area contributed by atoms with E-state index in [1.54, 1.807) is 24.6 Å². The third-order valence-electron chi connectivity index (χ3n) is 1.45. The van der Waals surface area contributed by atoms with Gasteiger partial charge in [0.25, 0.3) is 0 Å². The molecule has 0 saturated heterocycles. The fourth-order valence-electron chi connectivity index (χ4n) is 0.836. The molecule has 0 aliphatic heterocycles. The van der Waals surface area contributed by atoms with Crippen molar-refractivity contribution in [1.82, 2.24) is 0 Å². The molecule has 0 saturated carbocycles. The second-order valence-electron chi connectivity index (χ2n) is 3.04. The normalized spacial score (nSPS) is 11.6. The van der Waals surface area contributed by atoms with Gasteiger partial charge < -0.3 is 10.2 Å². The first-order valence-electron chi connectivity index (χ1n) is 3.92. The third kappa shape index (κ3) is 3.61. The Labute approximate surface area is 78.3 Å². The van der Waals surface area contributed by atoms with Gasteiger partial charge in [0.05, 0.1) is 6.54 Å². The van der Waals surface area contributed by atoms with Crippen molar-refractivity contribution in [2.24, 2.45) is 10.1 Å². The van der Waals surface area contributed by atoms with E-state index < -0.39 is 9.73 Å². The summed E-state index contributed by atoms with van der Waals surface area (Å²) in [5.74, 6) is 1.43. The molecule has 0 aromatic carbocycles. The van der Waals surface area contributed by atoms with E-state index in [2.05, 4.69) is 4.36 Å². The van der Waals surface area contributed by atoms with Crippen LogP contribution in [0, 0.1) is 0 Å². The third-order valence-corrected chi connectivity index (χ3v) is 2.20. The van der Waals surface area contributed by atoms with Crippen LogP contribution in [0.1, 0.15) is 11.5 Å². The molecule has 1 rings (SSSR count). The smallest absolute Gasteiger partial charge is 0.126 e. The maximum absolute atomic E-state index is 11.2. The minimum atomic E-state index is -2.04. The Morgan fingerprint density at radius 3 is 2.54 bits per heavy atom. The first-order valence-corrected chi connectivity index (χ1v) is 6.25. The molecule has 0 spiro atoms. The van der Waals surface area contributed by atoms with Gasteiger partial charge in [-0.1, -0.05) is 0 Å². The van der Waals surface area contributed by atoms with Gasteiger partial charge in [-0.3, -0.25) is 4.21 Å². The standard InChI is InChI=1S/C8H14N2O2S/c1-13(2,11)10-6-8-4-3-7(5-9)12-8/h3-4H,5-6,9H2,1-2H3. The van der Waals surface area contributed by atoms with Crippen molar-refractivity contribution >= 4 is 9.73 Å². The zero-order valence-corrected chi connectivity index (χ0v) is 8.63. The Kier molecular flexibility index (Phi) is 3.11. The van der Waals surface area contributed by atoms with E-state index in [1.807, 2.05) is 0 Å². The summed E-state index contributed by atoms with van der Waals surface area (Å²) < 4.78 is 20.5. The molecule has 0 aliphatic rings. The molecule has 1 aromatic heterocycles. The summed E-state index contributed by atoms with van der Waals surface area (Å²) in [6.07, 6.45) is 3.19. The molecule has 4 nitrogen and oxygen atoms in total. The van der Waals surface area contributed by atoms with Gasteiger partial charge in [-0.2, -0.15) is 0 Å². The Morgan fingerprint density at radius 1 is 1.46 bits per heavy atom. The predicted molar refractivity (Wildman–Crippen MR) is 52.7 cm³/mol. The average molecular weight is 202 g/mol. The Morgan fingerprint density at radius 2 is 2.08 bits per heavy atom. The Bertz CT molecular complexity index is 381. The van der Waals surface area contributed by atoms with E-state index in [4.69, 9.17) is 10.2 Å². The fraction of sp³-hybridized carbons (Fsp3) is 0.500. The van der Waals surface area contributed by atoms with Crippen LogP contribution in [0.5, 0.6) is 0 Å². The van der Waals surface area contributed by atoms with Crippen molar-refractivity contribution in [3.63, 3.8) is 0 Å². The molecule has 0 fully saturated rings. The monoisotopic (exact) mass is 202 g/mol. The van der Waals surface area contributed by atoms with Crippen molar-refractivity contribution in [3.05, 3.63) is 23.7 Å². The van der Waals surface area contributed by atoms with Crippen molar-refractivity contribution in [2.75, 3.05) is 12.5 Å². The Hall–Kier alpha value is -0.810. The van der Waals surface area contributed by atoms with Crippen LogP contribution in [-0.2, 0) is 22.8 Å². The molecule has 0 atom stereocenters. The van der Waals surface area contributed by atoms with Crippen LogP contribution < -0.4 is 5.73 Å². The summed E-state index contributed by atoms with van der Waals surface area (Å²) in [7, 11) is -2.04. The summed E-state index contributed by atoms with van der Waals surface area (Å²) in [5, 5.41) is 0. The van der Waals surface area contributed by atoms with Gasteiger partial charge in [0.1, 0.15) is 18.1 Å². The highest BCUT2D eigenvalue weighted by atomic mass is 32.2. The lowest BCUT2D eigenvalue weighted by atomic mass is 10.4. The number of furan rings is 1. The molecule has 74 valence electrons. The minimum absolute atomic E-state index is 0.353. The highest BCUT2D eigenvalue weighted by Crippen LogP contribution is 2.08. The molecule has 0 aliphatic carbocycles. The molecule has 2 N–H and O–H groups in total. The summed E-state index contributed by atoms with van der Waals surface area (Å²) in [6.45, 7) is 0.736. The van der Waals surface area contributed by atoms with Gasteiger partial charge in [0.2, 0.25) is 0 Å². The van der Waals surface area contributed by atoms with Crippen molar-refractivity contribution < 1.29 is 8.63 Å². The van der Waals surface area contributed by atoms with E-state index in [0.717, 1.165) is 5.76 Å². The number of hydrogen-bond acceptors (Lipinski definition) is 4. The average Bonchev–Trinajstić information content (AvgIpc) is 2.47. The van der Waals surface area contributed by atoms with Crippen molar-refractivity contribution in [3.8, 4) is 0 Å². The lowest BCUT2D eigenvalue weighted by Crippen LogP contribution is -1.93. The fourth-order valence-corrected chi connectivity index (χ4v) is 1.27. The van der Waals surface area contributed by atoms with Crippen LogP contribution in [0.3, 0.4) is 0 Å². The second kappa shape index (κ2) is 3.93. The minimum Gasteiger partial charge on any atom is -0.463 e. The topological polar surface area (TPSA) is 68.6 Å².